The summed E-state index contributed by atoms with van der Waals surface area (Å²) in [5, 5.41) is 25.0. The van der Waals surface area contributed by atoms with Crippen molar-refractivity contribution in [1.29, 1.82) is 0 Å². The number of pyridine rings is 1. The normalized spacial score (nSPS) is 31.6. The summed E-state index contributed by atoms with van der Waals surface area (Å²) in [6.45, 7) is 10.7. The number of Topliss-reactive ketones (excluding diaryl/α,β-unsaturated/α-hetero) is 1. The van der Waals surface area contributed by atoms with Crippen LogP contribution < -0.4 is 0 Å². The number of aliphatic hydroxyl groups excluding tert-OH is 2. The molecule has 0 aliphatic carbocycles. The van der Waals surface area contributed by atoms with Crippen LogP contribution in [0.1, 0.15) is 83.0 Å². The number of rotatable bonds is 3. The first-order valence-corrected chi connectivity index (χ1v) is 15.6. The lowest BCUT2D eigenvalue weighted by atomic mass is 9.73. The highest BCUT2D eigenvalue weighted by Gasteiger charge is 2.43. The van der Waals surface area contributed by atoms with Crippen LogP contribution in [0.15, 0.2) is 40.5 Å². The van der Waals surface area contributed by atoms with E-state index in [1.165, 1.54) is 11.3 Å². The molecular weight excluding hydrogens is 554 g/mol. The minimum atomic E-state index is -1.28. The number of hydrogen-bond donors (Lipinski definition) is 2. The number of aliphatic hydroxyl groups is 2. The lowest BCUT2D eigenvalue weighted by molar-refractivity contribution is -0.155. The van der Waals surface area contributed by atoms with Crippen LogP contribution in [-0.2, 0) is 19.1 Å². The first-order chi connectivity index (χ1) is 19.9. The maximum atomic E-state index is 13.4. The van der Waals surface area contributed by atoms with Crippen molar-refractivity contribution in [2.75, 3.05) is 0 Å². The van der Waals surface area contributed by atoms with Crippen LogP contribution in [0.25, 0.3) is 6.08 Å². The van der Waals surface area contributed by atoms with Crippen LogP contribution in [0.3, 0.4) is 0 Å². The van der Waals surface area contributed by atoms with Gasteiger partial charge in [-0.15, -0.1) is 11.3 Å². The zero-order valence-electron chi connectivity index (χ0n) is 25.3. The van der Waals surface area contributed by atoms with Crippen LogP contribution >= 0.6 is 11.3 Å². The van der Waals surface area contributed by atoms with Crippen molar-refractivity contribution in [3.8, 4) is 0 Å². The lowest BCUT2D eigenvalue weighted by Crippen LogP contribution is -2.46. The van der Waals surface area contributed by atoms with Gasteiger partial charge in [0.05, 0.1) is 46.4 Å². The Hall–Kier alpha value is -2.95. The van der Waals surface area contributed by atoms with E-state index in [4.69, 9.17) is 14.5 Å². The molecule has 4 heterocycles. The van der Waals surface area contributed by atoms with Gasteiger partial charge in [-0.25, -0.2) is 9.98 Å². The maximum absolute atomic E-state index is 13.4. The molecule has 0 aromatic carbocycles. The molecule has 2 aromatic rings. The topological polar surface area (TPSA) is 131 Å². The summed E-state index contributed by atoms with van der Waals surface area (Å²) in [7, 11) is 0. The van der Waals surface area contributed by atoms with E-state index in [2.05, 4.69) is 9.97 Å². The fraction of sp³-hybridized carbons (Fsp3) is 0.594. The van der Waals surface area contributed by atoms with Crippen LogP contribution in [0.5, 0.6) is 0 Å². The molecule has 0 amide bonds. The number of ether oxygens (including phenoxy) is 2. The third-order valence-electron chi connectivity index (χ3n) is 8.62. The molecule has 7 atom stereocenters. The quantitative estimate of drug-likeness (QED) is 0.477. The Morgan fingerprint density at radius 3 is 2.60 bits per heavy atom. The van der Waals surface area contributed by atoms with Gasteiger partial charge in [0.1, 0.15) is 18.0 Å². The number of carbonyl (C=O) groups excluding carboxylic acids is 2. The second-order valence-electron chi connectivity index (χ2n) is 12.3. The third-order valence-corrected chi connectivity index (χ3v) is 9.41. The molecule has 0 saturated carbocycles. The van der Waals surface area contributed by atoms with Crippen LogP contribution in [-0.4, -0.2) is 68.3 Å². The van der Waals surface area contributed by atoms with E-state index >= 15 is 0 Å². The number of thiazole rings is 1. The van der Waals surface area contributed by atoms with Crippen LogP contribution in [0, 0.1) is 24.2 Å². The molecule has 2 aliphatic heterocycles. The summed E-state index contributed by atoms with van der Waals surface area (Å²) in [6.07, 6.45) is 4.28. The number of aryl methyl sites for hydroxylation is 1. The molecule has 9 nitrogen and oxygen atoms in total. The molecule has 2 aromatic heterocycles. The maximum Gasteiger partial charge on any atom is 0.309 e. The van der Waals surface area contributed by atoms with Gasteiger partial charge < -0.3 is 19.7 Å². The zero-order chi connectivity index (χ0) is 30.6. The predicted molar refractivity (Wildman–Crippen MR) is 162 cm³/mol. The minimum Gasteiger partial charge on any atom is -0.472 e. The number of aromatic nitrogens is 2. The number of carbonyl (C=O) groups is 2. The standard InChI is InChI=1S/C32H43N3O6S/c1-18-9-7-11-24-26(41-31(35-24)22-10-8-12-33-16-22)14-25(19(2)13-23-17-42-21(4)34-23)40-28(37)15-27(36)32(5,6)30(39)20(3)29(18)38/h8,10,12-13,16-18,20,24-27,29,36,38H,7,9,11,14-15H2,1-6H3/b19-13+/t18-,20+,24-,25-,26-,27-,29-/m0/s1. The summed E-state index contributed by atoms with van der Waals surface area (Å²) < 4.78 is 12.4. The number of hydrogen-bond acceptors (Lipinski definition) is 10. The molecule has 1 saturated heterocycles. The fourth-order valence-corrected chi connectivity index (χ4v) is 6.29. The highest BCUT2D eigenvalue weighted by Crippen LogP contribution is 2.34. The second-order valence-corrected chi connectivity index (χ2v) is 13.3. The first kappa shape index (κ1) is 32.0. The number of cyclic esters (lactones) is 1. The predicted octanol–water partition coefficient (Wildman–Crippen LogP) is 4.93. The Balaban J connectivity index is 1.67. The van der Waals surface area contributed by atoms with Gasteiger partial charge in [-0.2, -0.15) is 0 Å². The van der Waals surface area contributed by atoms with Crippen molar-refractivity contribution in [3.05, 3.63) is 51.7 Å². The van der Waals surface area contributed by atoms with Gasteiger partial charge in [0.25, 0.3) is 0 Å². The molecule has 1 fully saturated rings. The smallest absolute Gasteiger partial charge is 0.309 e. The van der Waals surface area contributed by atoms with Gasteiger partial charge in [0.2, 0.25) is 5.90 Å². The highest BCUT2D eigenvalue weighted by atomic mass is 32.1. The summed E-state index contributed by atoms with van der Waals surface area (Å²) in [6, 6.07) is 3.53. The van der Waals surface area contributed by atoms with E-state index in [9.17, 15) is 19.8 Å². The van der Waals surface area contributed by atoms with E-state index in [1.54, 1.807) is 33.2 Å². The van der Waals surface area contributed by atoms with Crippen molar-refractivity contribution >= 4 is 35.1 Å². The molecule has 4 rings (SSSR count). The molecule has 2 aliphatic rings. The minimum absolute atomic E-state index is 0.142. The Kier molecular flexibility index (Phi) is 10.3. The van der Waals surface area contributed by atoms with E-state index in [0.29, 0.717) is 25.2 Å². The largest absolute Gasteiger partial charge is 0.472 e. The molecule has 0 bridgehead atoms. The molecule has 0 unspecified atom stereocenters. The Bertz CT molecular complexity index is 1310. The monoisotopic (exact) mass is 597 g/mol. The van der Waals surface area contributed by atoms with E-state index in [-0.39, 0.29) is 30.3 Å². The van der Waals surface area contributed by atoms with Crippen LogP contribution in [0.2, 0.25) is 0 Å². The third kappa shape index (κ3) is 7.51. The van der Waals surface area contributed by atoms with Crippen molar-refractivity contribution in [2.45, 2.75) is 104 Å². The Morgan fingerprint density at radius 2 is 1.93 bits per heavy atom. The van der Waals surface area contributed by atoms with Crippen LogP contribution in [0.4, 0.5) is 0 Å². The van der Waals surface area contributed by atoms with Crippen molar-refractivity contribution in [1.82, 2.24) is 9.97 Å². The molecule has 42 heavy (non-hydrogen) atoms. The number of fused-ring (bicyclic) bond motifs is 1. The average Bonchev–Trinajstić information content (AvgIpc) is 3.56. The Labute approximate surface area is 252 Å². The number of aliphatic imine (C=N–C) groups is 1. The average molecular weight is 598 g/mol. The van der Waals surface area contributed by atoms with Gasteiger partial charge in [0.15, 0.2) is 0 Å². The lowest BCUT2D eigenvalue weighted by Gasteiger charge is -2.34. The first-order valence-electron chi connectivity index (χ1n) is 14.7. The number of esters is 1. The van der Waals surface area contributed by atoms with Gasteiger partial charge in [-0.1, -0.05) is 34.1 Å². The summed E-state index contributed by atoms with van der Waals surface area (Å²) in [4.78, 5) is 40.3. The molecule has 228 valence electrons. The van der Waals surface area contributed by atoms with E-state index in [1.807, 2.05) is 44.4 Å². The molecule has 10 heteroatoms. The summed E-state index contributed by atoms with van der Waals surface area (Å²) >= 11 is 1.54. The highest BCUT2D eigenvalue weighted by molar-refractivity contribution is 7.09. The van der Waals surface area contributed by atoms with Crippen molar-refractivity contribution in [2.24, 2.45) is 22.2 Å². The van der Waals surface area contributed by atoms with Gasteiger partial charge in [0, 0.05) is 30.1 Å². The van der Waals surface area contributed by atoms with Gasteiger partial charge in [-0.3, -0.25) is 14.6 Å². The molecular formula is C32H43N3O6S. The van der Waals surface area contributed by atoms with Crippen molar-refractivity contribution in [3.63, 3.8) is 0 Å². The summed E-state index contributed by atoms with van der Waals surface area (Å²) in [5.41, 5.74) is 1.10. The summed E-state index contributed by atoms with van der Waals surface area (Å²) in [5.74, 6) is -1.24. The van der Waals surface area contributed by atoms with Crippen molar-refractivity contribution < 1.29 is 29.3 Å². The van der Waals surface area contributed by atoms with E-state index < -0.39 is 35.6 Å². The second kappa shape index (κ2) is 13.6. The van der Waals surface area contributed by atoms with Gasteiger partial charge >= 0.3 is 5.97 Å². The zero-order valence-corrected chi connectivity index (χ0v) is 26.1. The van der Waals surface area contributed by atoms with E-state index in [0.717, 1.165) is 28.3 Å². The number of nitrogens with zero attached hydrogens (tertiary/aromatic N) is 3. The Morgan fingerprint density at radius 1 is 1.17 bits per heavy atom. The van der Waals surface area contributed by atoms with Gasteiger partial charge in [-0.05, 0) is 56.4 Å². The SMILES string of the molecule is C/C(=C\c1csc(C)n1)[C@@H]1C[C@@H]2OC(c3cccnc3)=N[C@H]2CCC[C@H](C)[C@H](O)[C@@H](C)C(=O)C(C)(C)[C@@H](O)CC(=O)O1. The fourth-order valence-electron chi connectivity index (χ4n) is 5.72. The molecule has 0 spiro atoms. The number of ketones is 1. The molecule has 2 N–H and O–H groups in total. The molecule has 0 radical (unpaired) electrons.